The molecule has 1 saturated carbocycles. The predicted molar refractivity (Wildman–Crippen MR) is 51.6 cm³/mol. The Morgan fingerprint density at radius 2 is 2.46 bits per heavy atom. The number of hydrogen-bond acceptors (Lipinski definition) is 4. The fourth-order valence-corrected chi connectivity index (χ4v) is 1.73. The van der Waals surface area contributed by atoms with Crippen molar-refractivity contribution in [2.75, 3.05) is 12.8 Å². The van der Waals surface area contributed by atoms with Crippen LogP contribution in [0, 0.1) is 0 Å². The number of nitrogens with zero attached hydrogens (tertiary/aromatic N) is 2. The van der Waals surface area contributed by atoms with E-state index in [2.05, 4.69) is 4.98 Å². The molecule has 2 N–H and O–H groups in total. The number of aromatic nitrogens is 1. The van der Waals surface area contributed by atoms with Gasteiger partial charge in [-0.2, -0.15) is 0 Å². The van der Waals surface area contributed by atoms with E-state index in [1.165, 1.54) is 11.3 Å². The zero-order chi connectivity index (χ0) is 9.42. The highest BCUT2D eigenvalue weighted by atomic mass is 32.1. The maximum absolute atomic E-state index is 11.7. The van der Waals surface area contributed by atoms with E-state index in [1.807, 2.05) is 7.05 Å². The molecule has 1 fully saturated rings. The van der Waals surface area contributed by atoms with Gasteiger partial charge in [0, 0.05) is 18.5 Å². The highest BCUT2D eigenvalue weighted by molar-refractivity contribution is 7.13. The van der Waals surface area contributed by atoms with Gasteiger partial charge in [0.2, 0.25) is 0 Å². The Labute approximate surface area is 80.4 Å². The number of nitrogens with two attached hydrogens (primary N) is 1. The van der Waals surface area contributed by atoms with Crippen LogP contribution >= 0.6 is 11.3 Å². The van der Waals surface area contributed by atoms with Crippen LogP contribution in [0.5, 0.6) is 0 Å². The lowest BCUT2D eigenvalue weighted by molar-refractivity contribution is 0.0780. The number of rotatable bonds is 2. The van der Waals surface area contributed by atoms with Crippen molar-refractivity contribution in [3.05, 3.63) is 11.1 Å². The summed E-state index contributed by atoms with van der Waals surface area (Å²) in [6.07, 6.45) is 2.23. The molecule has 1 heterocycles. The zero-order valence-electron chi connectivity index (χ0n) is 7.36. The topological polar surface area (TPSA) is 59.2 Å². The molecule has 1 aromatic heterocycles. The van der Waals surface area contributed by atoms with E-state index >= 15 is 0 Å². The SMILES string of the molecule is CN(C(=O)c1csc(N)n1)C1CC1. The summed E-state index contributed by atoms with van der Waals surface area (Å²) >= 11 is 1.30. The van der Waals surface area contributed by atoms with Crippen LogP contribution in [0.15, 0.2) is 5.38 Å². The summed E-state index contributed by atoms with van der Waals surface area (Å²) in [4.78, 5) is 17.3. The van der Waals surface area contributed by atoms with Crippen molar-refractivity contribution in [1.82, 2.24) is 9.88 Å². The van der Waals surface area contributed by atoms with Crippen LogP contribution in [0.1, 0.15) is 23.3 Å². The smallest absolute Gasteiger partial charge is 0.273 e. The summed E-state index contributed by atoms with van der Waals surface area (Å²) < 4.78 is 0. The Bertz CT molecular complexity index is 332. The summed E-state index contributed by atoms with van der Waals surface area (Å²) in [6.45, 7) is 0. The Hall–Kier alpha value is -1.10. The normalized spacial score (nSPS) is 15.8. The molecular formula is C8H11N3OS. The lowest BCUT2D eigenvalue weighted by atomic mass is 10.4. The number of nitrogen functional groups attached to an aromatic ring is 1. The second-order valence-corrected chi connectivity index (χ2v) is 4.11. The van der Waals surface area contributed by atoms with Gasteiger partial charge in [0.1, 0.15) is 5.69 Å². The van der Waals surface area contributed by atoms with Gasteiger partial charge in [-0.1, -0.05) is 0 Å². The Morgan fingerprint density at radius 3 is 2.92 bits per heavy atom. The maximum Gasteiger partial charge on any atom is 0.273 e. The fourth-order valence-electron chi connectivity index (χ4n) is 1.19. The van der Waals surface area contributed by atoms with Crippen LogP contribution in [-0.2, 0) is 0 Å². The van der Waals surface area contributed by atoms with E-state index in [9.17, 15) is 4.79 Å². The molecule has 0 aromatic carbocycles. The van der Waals surface area contributed by atoms with Crippen LogP contribution in [0.25, 0.3) is 0 Å². The van der Waals surface area contributed by atoms with Crippen LogP contribution in [0.4, 0.5) is 5.13 Å². The van der Waals surface area contributed by atoms with Gasteiger partial charge in [-0.15, -0.1) is 11.3 Å². The molecule has 13 heavy (non-hydrogen) atoms. The van der Waals surface area contributed by atoms with Gasteiger partial charge in [-0.05, 0) is 12.8 Å². The molecule has 1 aromatic rings. The number of anilines is 1. The minimum atomic E-state index is -0.0181. The second-order valence-electron chi connectivity index (χ2n) is 3.22. The molecule has 0 spiro atoms. The third-order valence-electron chi connectivity index (χ3n) is 2.16. The first kappa shape index (κ1) is 8.50. The first-order valence-corrected chi connectivity index (χ1v) is 5.04. The monoisotopic (exact) mass is 197 g/mol. The molecule has 1 aliphatic carbocycles. The molecule has 0 bridgehead atoms. The second kappa shape index (κ2) is 2.99. The molecule has 0 aliphatic heterocycles. The summed E-state index contributed by atoms with van der Waals surface area (Å²) in [7, 11) is 1.82. The summed E-state index contributed by atoms with van der Waals surface area (Å²) in [6, 6.07) is 0.426. The molecule has 1 aliphatic rings. The van der Waals surface area contributed by atoms with Gasteiger partial charge in [0.05, 0.1) is 0 Å². The van der Waals surface area contributed by atoms with Crippen molar-refractivity contribution in [2.24, 2.45) is 0 Å². The maximum atomic E-state index is 11.7. The van der Waals surface area contributed by atoms with Crippen molar-refractivity contribution in [2.45, 2.75) is 18.9 Å². The van der Waals surface area contributed by atoms with Crippen molar-refractivity contribution in [3.63, 3.8) is 0 Å². The first-order chi connectivity index (χ1) is 6.18. The van der Waals surface area contributed by atoms with Crippen LogP contribution < -0.4 is 5.73 Å². The van der Waals surface area contributed by atoms with Crippen LogP contribution in [0.2, 0.25) is 0 Å². The van der Waals surface area contributed by atoms with Crippen LogP contribution in [0.3, 0.4) is 0 Å². The van der Waals surface area contributed by atoms with Crippen molar-refractivity contribution < 1.29 is 4.79 Å². The summed E-state index contributed by atoms with van der Waals surface area (Å²) in [5.41, 5.74) is 5.91. The van der Waals surface area contributed by atoms with Crippen molar-refractivity contribution >= 4 is 22.4 Å². The van der Waals surface area contributed by atoms with E-state index in [1.54, 1.807) is 10.3 Å². The van der Waals surface area contributed by atoms with Gasteiger partial charge in [0.25, 0.3) is 5.91 Å². The largest absolute Gasteiger partial charge is 0.375 e. The molecule has 0 saturated heterocycles. The average molecular weight is 197 g/mol. The third-order valence-corrected chi connectivity index (χ3v) is 2.83. The van der Waals surface area contributed by atoms with E-state index in [0.717, 1.165) is 12.8 Å². The highest BCUT2D eigenvalue weighted by Crippen LogP contribution is 2.27. The first-order valence-electron chi connectivity index (χ1n) is 4.16. The number of thiazole rings is 1. The van der Waals surface area contributed by atoms with Crippen molar-refractivity contribution in [3.8, 4) is 0 Å². The molecule has 0 radical (unpaired) electrons. The minimum Gasteiger partial charge on any atom is -0.375 e. The Kier molecular flexibility index (Phi) is 1.95. The third kappa shape index (κ3) is 1.65. The molecule has 1 amide bonds. The molecule has 0 unspecified atom stereocenters. The van der Waals surface area contributed by atoms with Crippen LogP contribution in [-0.4, -0.2) is 28.9 Å². The molecule has 70 valence electrons. The molecule has 0 atom stereocenters. The Morgan fingerprint density at radius 1 is 1.77 bits per heavy atom. The predicted octanol–water partition coefficient (Wildman–Crippen LogP) is 0.960. The van der Waals surface area contributed by atoms with E-state index < -0.39 is 0 Å². The van der Waals surface area contributed by atoms with E-state index in [4.69, 9.17) is 5.73 Å². The zero-order valence-corrected chi connectivity index (χ0v) is 8.17. The summed E-state index contributed by atoms with van der Waals surface area (Å²) in [5, 5.41) is 2.16. The lowest BCUT2D eigenvalue weighted by Gasteiger charge is -2.13. The quantitative estimate of drug-likeness (QED) is 0.768. The van der Waals surface area contributed by atoms with E-state index in [0.29, 0.717) is 16.9 Å². The molecule has 4 nitrogen and oxygen atoms in total. The highest BCUT2D eigenvalue weighted by Gasteiger charge is 2.30. The number of amides is 1. The summed E-state index contributed by atoms with van der Waals surface area (Å²) in [5.74, 6) is -0.0181. The number of carbonyl (C=O) groups is 1. The standard InChI is InChI=1S/C8H11N3OS/c1-11(5-2-3-5)7(12)6-4-13-8(9)10-6/h4-5H,2-3H2,1H3,(H2,9,10). The van der Waals surface area contributed by atoms with Crippen molar-refractivity contribution in [1.29, 1.82) is 0 Å². The fraction of sp³-hybridized carbons (Fsp3) is 0.500. The van der Waals surface area contributed by atoms with Gasteiger partial charge >= 0.3 is 0 Å². The van der Waals surface area contributed by atoms with Gasteiger partial charge in [0.15, 0.2) is 5.13 Å². The minimum absolute atomic E-state index is 0.0181. The molecule has 2 rings (SSSR count). The number of carbonyl (C=O) groups excluding carboxylic acids is 1. The van der Waals surface area contributed by atoms with Gasteiger partial charge in [-0.25, -0.2) is 4.98 Å². The molecule has 5 heteroatoms. The van der Waals surface area contributed by atoms with Gasteiger partial charge in [-0.3, -0.25) is 4.79 Å². The lowest BCUT2D eigenvalue weighted by Crippen LogP contribution is -2.28. The average Bonchev–Trinajstić information content (AvgIpc) is 2.87. The Balaban J connectivity index is 2.11. The number of hydrogen-bond donors (Lipinski definition) is 1. The van der Waals surface area contributed by atoms with Gasteiger partial charge < -0.3 is 10.6 Å². The van der Waals surface area contributed by atoms with E-state index in [-0.39, 0.29) is 5.91 Å². The molecular weight excluding hydrogens is 186 g/mol.